The summed E-state index contributed by atoms with van der Waals surface area (Å²) in [5.41, 5.74) is 6.53. The second-order valence-electron chi connectivity index (χ2n) is 2.75. The molecule has 0 aromatic carbocycles. The quantitative estimate of drug-likeness (QED) is 0.722. The van der Waals surface area contributed by atoms with Crippen molar-refractivity contribution < 1.29 is 0 Å². The number of hydrogen-bond acceptors (Lipinski definition) is 3. The highest BCUT2D eigenvalue weighted by molar-refractivity contribution is 5.02. The fourth-order valence-corrected chi connectivity index (χ4v) is 1.09. The van der Waals surface area contributed by atoms with Crippen LogP contribution < -0.4 is 5.73 Å². The molecule has 0 saturated heterocycles. The molecular formula is C9H15N3. The number of rotatable bonds is 4. The van der Waals surface area contributed by atoms with Gasteiger partial charge in [0.25, 0.3) is 0 Å². The third kappa shape index (κ3) is 2.58. The Kier molecular flexibility index (Phi) is 3.67. The Morgan fingerprint density at radius 3 is 2.92 bits per heavy atom. The van der Waals surface area contributed by atoms with E-state index in [4.69, 9.17) is 5.73 Å². The van der Waals surface area contributed by atoms with Crippen LogP contribution in [0.25, 0.3) is 0 Å². The number of nitrogens with zero attached hydrogens (tertiary/aromatic N) is 2. The Balaban J connectivity index is 2.67. The first-order valence-electron chi connectivity index (χ1n) is 4.37. The molecule has 2 N–H and O–H groups in total. The average molecular weight is 165 g/mol. The van der Waals surface area contributed by atoms with Gasteiger partial charge in [0.15, 0.2) is 0 Å². The Morgan fingerprint density at radius 2 is 2.25 bits per heavy atom. The fraction of sp³-hybridized carbons (Fsp3) is 0.556. The van der Waals surface area contributed by atoms with Crippen molar-refractivity contribution in [3.05, 3.63) is 23.8 Å². The van der Waals surface area contributed by atoms with Gasteiger partial charge in [0.05, 0.1) is 0 Å². The molecule has 0 atom stereocenters. The monoisotopic (exact) mass is 165 g/mol. The Morgan fingerprint density at radius 1 is 1.42 bits per heavy atom. The van der Waals surface area contributed by atoms with E-state index in [1.807, 2.05) is 12.3 Å². The van der Waals surface area contributed by atoms with Crippen LogP contribution >= 0.6 is 0 Å². The zero-order chi connectivity index (χ0) is 8.81. The SMILES string of the molecule is CCCc1ccnc(CCN)n1. The molecule has 0 aliphatic heterocycles. The molecule has 0 radical (unpaired) electrons. The van der Waals surface area contributed by atoms with E-state index >= 15 is 0 Å². The predicted molar refractivity (Wildman–Crippen MR) is 48.8 cm³/mol. The van der Waals surface area contributed by atoms with Crippen LogP contribution in [0.4, 0.5) is 0 Å². The lowest BCUT2D eigenvalue weighted by atomic mass is 10.2. The largest absolute Gasteiger partial charge is 0.330 e. The van der Waals surface area contributed by atoms with Gasteiger partial charge in [-0.15, -0.1) is 0 Å². The van der Waals surface area contributed by atoms with Crippen molar-refractivity contribution in [1.29, 1.82) is 0 Å². The van der Waals surface area contributed by atoms with Gasteiger partial charge in [-0.1, -0.05) is 13.3 Å². The molecule has 66 valence electrons. The van der Waals surface area contributed by atoms with Crippen molar-refractivity contribution in [1.82, 2.24) is 9.97 Å². The molecule has 0 bridgehead atoms. The first-order chi connectivity index (χ1) is 5.86. The Labute approximate surface area is 73.0 Å². The van der Waals surface area contributed by atoms with Crippen LogP contribution in [0.2, 0.25) is 0 Å². The van der Waals surface area contributed by atoms with Crippen LogP contribution in [0, 0.1) is 0 Å². The summed E-state index contributed by atoms with van der Waals surface area (Å²) in [6, 6.07) is 1.96. The van der Waals surface area contributed by atoms with Gasteiger partial charge in [0.2, 0.25) is 0 Å². The van der Waals surface area contributed by atoms with Gasteiger partial charge in [0, 0.05) is 18.3 Å². The molecule has 0 saturated carbocycles. The summed E-state index contributed by atoms with van der Waals surface area (Å²) in [5, 5.41) is 0. The van der Waals surface area contributed by atoms with Crippen molar-refractivity contribution in [3.63, 3.8) is 0 Å². The lowest BCUT2D eigenvalue weighted by molar-refractivity contribution is 0.811. The van der Waals surface area contributed by atoms with E-state index in [0.717, 1.165) is 30.8 Å². The fourth-order valence-electron chi connectivity index (χ4n) is 1.09. The number of hydrogen-bond donors (Lipinski definition) is 1. The van der Waals surface area contributed by atoms with Crippen molar-refractivity contribution in [2.45, 2.75) is 26.2 Å². The maximum absolute atomic E-state index is 5.40. The molecular weight excluding hydrogens is 150 g/mol. The van der Waals surface area contributed by atoms with Crippen LogP contribution in [-0.2, 0) is 12.8 Å². The van der Waals surface area contributed by atoms with Crippen molar-refractivity contribution in [2.24, 2.45) is 5.73 Å². The zero-order valence-electron chi connectivity index (χ0n) is 7.45. The molecule has 0 fully saturated rings. The lowest BCUT2D eigenvalue weighted by Gasteiger charge is -2.00. The van der Waals surface area contributed by atoms with E-state index in [9.17, 15) is 0 Å². The minimum atomic E-state index is 0.621. The molecule has 0 spiro atoms. The van der Waals surface area contributed by atoms with Crippen LogP contribution in [0.3, 0.4) is 0 Å². The molecule has 1 rings (SSSR count). The molecule has 3 heteroatoms. The number of nitrogens with two attached hydrogens (primary N) is 1. The predicted octanol–water partition coefficient (Wildman–Crippen LogP) is 0.930. The van der Waals surface area contributed by atoms with Crippen LogP contribution in [0.15, 0.2) is 12.3 Å². The van der Waals surface area contributed by atoms with Gasteiger partial charge in [-0.3, -0.25) is 0 Å². The van der Waals surface area contributed by atoms with E-state index in [0.29, 0.717) is 6.54 Å². The third-order valence-electron chi connectivity index (χ3n) is 1.64. The van der Waals surface area contributed by atoms with Crippen molar-refractivity contribution in [3.8, 4) is 0 Å². The van der Waals surface area contributed by atoms with Gasteiger partial charge in [0.1, 0.15) is 5.82 Å². The summed E-state index contributed by atoms with van der Waals surface area (Å²) in [5.74, 6) is 0.864. The second kappa shape index (κ2) is 4.83. The summed E-state index contributed by atoms with van der Waals surface area (Å²) >= 11 is 0. The maximum Gasteiger partial charge on any atom is 0.129 e. The molecule has 12 heavy (non-hydrogen) atoms. The first kappa shape index (κ1) is 9.13. The van der Waals surface area contributed by atoms with Crippen molar-refractivity contribution in [2.75, 3.05) is 6.54 Å². The second-order valence-corrected chi connectivity index (χ2v) is 2.75. The average Bonchev–Trinajstić information content (AvgIpc) is 2.06. The van der Waals surface area contributed by atoms with Gasteiger partial charge in [-0.25, -0.2) is 9.97 Å². The smallest absolute Gasteiger partial charge is 0.129 e. The minimum Gasteiger partial charge on any atom is -0.330 e. The van der Waals surface area contributed by atoms with E-state index in [-0.39, 0.29) is 0 Å². The van der Waals surface area contributed by atoms with Crippen molar-refractivity contribution >= 4 is 0 Å². The van der Waals surface area contributed by atoms with E-state index in [1.165, 1.54) is 0 Å². The highest BCUT2D eigenvalue weighted by Gasteiger charge is 1.96. The molecule has 0 unspecified atom stereocenters. The molecule has 0 aliphatic rings. The van der Waals surface area contributed by atoms with E-state index in [1.54, 1.807) is 0 Å². The first-order valence-corrected chi connectivity index (χ1v) is 4.37. The molecule has 0 amide bonds. The molecule has 1 heterocycles. The van der Waals surface area contributed by atoms with E-state index < -0.39 is 0 Å². The molecule has 1 aromatic rings. The third-order valence-corrected chi connectivity index (χ3v) is 1.64. The topological polar surface area (TPSA) is 51.8 Å². The van der Waals surface area contributed by atoms with E-state index in [2.05, 4.69) is 16.9 Å². The van der Waals surface area contributed by atoms with Gasteiger partial charge in [-0.05, 0) is 19.0 Å². The Bertz CT molecular complexity index is 214. The maximum atomic E-state index is 5.40. The summed E-state index contributed by atoms with van der Waals surface area (Å²) < 4.78 is 0. The zero-order valence-corrected chi connectivity index (χ0v) is 7.45. The summed E-state index contributed by atoms with van der Waals surface area (Å²) in [6.45, 7) is 2.76. The normalized spacial score (nSPS) is 10.2. The van der Waals surface area contributed by atoms with Crippen LogP contribution in [0.5, 0.6) is 0 Å². The van der Waals surface area contributed by atoms with Gasteiger partial charge < -0.3 is 5.73 Å². The summed E-state index contributed by atoms with van der Waals surface area (Å²) in [4.78, 5) is 8.48. The molecule has 3 nitrogen and oxygen atoms in total. The molecule has 0 aliphatic carbocycles. The van der Waals surface area contributed by atoms with Gasteiger partial charge >= 0.3 is 0 Å². The minimum absolute atomic E-state index is 0.621. The number of aryl methyl sites for hydroxylation is 1. The molecule has 1 aromatic heterocycles. The highest BCUT2D eigenvalue weighted by atomic mass is 14.9. The van der Waals surface area contributed by atoms with Gasteiger partial charge in [-0.2, -0.15) is 0 Å². The standard InChI is InChI=1S/C9H15N3/c1-2-3-8-5-7-11-9(12-8)4-6-10/h5,7H,2-4,6,10H2,1H3. The highest BCUT2D eigenvalue weighted by Crippen LogP contribution is 1.99. The van der Waals surface area contributed by atoms with Crippen LogP contribution in [-0.4, -0.2) is 16.5 Å². The Hall–Kier alpha value is -0.960. The number of aromatic nitrogens is 2. The summed E-state index contributed by atoms with van der Waals surface area (Å²) in [7, 11) is 0. The lowest BCUT2D eigenvalue weighted by Crippen LogP contribution is -2.07. The summed E-state index contributed by atoms with van der Waals surface area (Å²) in [6.07, 6.45) is 4.74. The van der Waals surface area contributed by atoms with Crippen LogP contribution in [0.1, 0.15) is 24.9 Å².